The molecule has 1 spiro atoms. The molecule has 32 heavy (non-hydrogen) atoms. The van der Waals surface area contributed by atoms with Gasteiger partial charge in [0.05, 0.1) is 11.8 Å². The second kappa shape index (κ2) is 7.13. The molecule has 3 aliphatic rings. The number of amides is 3. The molecule has 0 aromatic heterocycles. The molecule has 0 radical (unpaired) electrons. The average molecular weight is 437 g/mol. The van der Waals surface area contributed by atoms with Crippen molar-refractivity contribution in [2.24, 2.45) is 11.8 Å². The summed E-state index contributed by atoms with van der Waals surface area (Å²) in [6.07, 6.45) is 0.964. The fourth-order valence-electron chi connectivity index (χ4n) is 5.47. The van der Waals surface area contributed by atoms with Crippen LogP contribution in [0.3, 0.4) is 0 Å². The Balaban J connectivity index is 1.64. The van der Waals surface area contributed by atoms with Gasteiger partial charge in [0.1, 0.15) is 17.1 Å². The molecule has 8 heteroatoms. The number of likely N-dealkylation sites (tertiary alicyclic amines) is 1. The fourth-order valence-corrected chi connectivity index (χ4v) is 5.47. The Morgan fingerprint density at radius 2 is 1.84 bits per heavy atom. The summed E-state index contributed by atoms with van der Waals surface area (Å²) in [6, 6.07) is 9.78. The van der Waals surface area contributed by atoms with Gasteiger partial charge in [-0.3, -0.25) is 24.6 Å². The van der Waals surface area contributed by atoms with Crippen LogP contribution in [0.1, 0.15) is 31.4 Å². The van der Waals surface area contributed by atoms with Gasteiger partial charge in [-0.15, -0.1) is 0 Å². The molecule has 2 aromatic carbocycles. The molecule has 166 valence electrons. The number of carbonyl (C=O) groups is 3. The fraction of sp³-hybridized carbons (Fsp3) is 0.375. The van der Waals surface area contributed by atoms with Crippen molar-refractivity contribution in [3.8, 4) is 5.75 Å². The van der Waals surface area contributed by atoms with Crippen LogP contribution in [0.2, 0.25) is 0 Å². The van der Waals surface area contributed by atoms with E-state index < -0.39 is 41.0 Å². The minimum Gasteiger partial charge on any atom is -0.508 e. The maximum Gasteiger partial charge on any atom is 0.250 e. The quantitative estimate of drug-likeness (QED) is 0.638. The number of imide groups is 1. The summed E-state index contributed by atoms with van der Waals surface area (Å²) >= 11 is 0. The normalized spacial score (nSPS) is 29.4. The number of phenols is 1. The SMILES string of the molecule is CC[C@@H](C)N1C(=O)[C@H]2[C@@H](C1=O)[C@@]1(N[C@@H]2Cc2ccc(O)cc2)C(=O)Nc2ccc(F)cc21. The Morgan fingerprint density at radius 1 is 1.12 bits per heavy atom. The molecule has 7 nitrogen and oxygen atoms in total. The van der Waals surface area contributed by atoms with E-state index in [9.17, 15) is 23.9 Å². The largest absolute Gasteiger partial charge is 0.508 e. The lowest BCUT2D eigenvalue weighted by molar-refractivity contribution is -0.145. The highest BCUT2D eigenvalue weighted by atomic mass is 19.1. The van der Waals surface area contributed by atoms with Crippen molar-refractivity contribution >= 4 is 23.4 Å². The number of hydrogen-bond acceptors (Lipinski definition) is 5. The number of carbonyl (C=O) groups excluding carboxylic acids is 3. The molecule has 0 unspecified atom stereocenters. The number of phenolic OH excluding ortho intramolecular Hbond substituents is 1. The Kier molecular flexibility index (Phi) is 4.60. The van der Waals surface area contributed by atoms with Crippen LogP contribution in [0.4, 0.5) is 10.1 Å². The van der Waals surface area contributed by atoms with E-state index >= 15 is 0 Å². The molecule has 2 fully saturated rings. The van der Waals surface area contributed by atoms with E-state index in [1.807, 2.05) is 13.8 Å². The van der Waals surface area contributed by atoms with Gasteiger partial charge in [0.15, 0.2) is 0 Å². The summed E-state index contributed by atoms with van der Waals surface area (Å²) in [4.78, 5) is 41.7. The molecular weight excluding hydrogens is 413 g/mol. The number of nitrogens with one attached hydrogen (secondary N) is 2. The van der Waals surface area contributed by atoms with Gasteiger partial charge in [-0.2, -0.15) is 0 Å². The van der Waals surface area contributed by atoms with Gasteiger partial charge < -0.3 is 10.4 Å². The molecule has 2 aromatic rings. The molecule has 0 aliphatic carbocycles. The lowest BCUT2D eigenvalue weighted by Crippen LogP contribution is -2.54. The number of halogens is 1. The van der Waals surface area contributed by atoms with Crippen molar-refractivity contribution in [1.29, 1.82) is 0 Å². The van der Waals surface area contributed by atoms with Gasteiger partial charge in [0.2, 0.25) is 17.7 Å². The third kappa shape index (κ3) is 2.72. The Labute approximate surface area is 184 Å². The van der Waals surface area contributed by atoms with Crippen LogP contribution in [0.5, 0.6) is 5.75 Å². The summed E-state index contributed by atoms with van der Waals surface area (Å²) in [6.45, 7) is 3.71. The predicted molar refractivity (Wildman–Crippen MR) is 114 cm³/mol. The summed E-state index contributed by atoms with van der Waals surface area (Å²) in [7, 11) is 0. The molecular formula is C24H24FN3O4. The van der Waals surface area contributed by atoms with Crippen molar-refractivity contribution < 1.29 is 23.9 Å². The highest BCUT2D eigenvalue weighted by molar-refractivity contribution is 6.15. The number of fused-ring (bicyclic) bond motifs is 4. The third-order valence-corrected chi connectivity index (χ3v) is 7.13. The first-order chi connectivity index (χ1) is 15.3. The molecule has 3 N–H and O–H groups in total. The third-order valence-electron chi connectivity index (χ3n) is 7.13. The highest BCUT2D eigenvalue weighted by Crippen LogP contribution is 2.53. The zero-order valence-corrected chi connectivity index (χ0v) is 17.8. The number of benzene rings is 2. The van der Waals surface area contributed by atoms with Crippen LogP contribution in [0.25, 0.3) is 0 Å². The van der Waals surface area contributed by atoms with Gasteiger partial charge in [-0.05, 0) is 55.7 Å². The highest BCUT2D eigenvalue weighted by Gasteiger charge is 2.70. The monoisotopic (exact) mass is 437 g/mol. The number of rotatable bonds is 4. The second-order valence-corrected chi connectivity index (χ2v) is 8.88. The van der Waals surface area contributed by atoms with Crippen LogP contribution in [-0.2, 0) is 26.3 Å². The van der Waals surface area contributed by atoms with Crippen molar-refractivity contribution in [3.05, 3.63) is 59.4 Å². The van der Waals surface area contributed by atoms with E-state index in [1.165, 1.54) is 23.1 Å². The summed E-state index contributed by atoms with van der Waals surface area (Å²) in [5, 5.41) is 15.7. The number of anilines is 1. The van der Waals surface area contributed by atoms with E-state index in [0.717, 1.165) is 5.56 Å². The molecule has 3 amide bonds. The maximum atomic E-state index is 14.2. The van der Waals surface area contributed by atoms with Crippen LogP contribution in [-0.4, -0.2) is 39.8 Å². The standard InChI is InChI=1S/C24H24FN3O4/c1-3-12(2)28-21(30)19-18(10-13-4-7-15(29)8-5-13)27-24(20(19)22(28)31)16-11-14(25)6-9-17(16)26-23(24)32/h4-9,11-12,18-20,27,29H,3,10H2,1-2H3,(H,26,32)/t12-,18-,19-,20+,24-/m1/s1. The van der Waals surface area contributed by atoms with E-state index in [-0.39, 0.29) is 17.7 Å². The van der Waals surface area contributed by atoms with E-state index in [0.29, 0.717) is 24.1 Å². The van der Waals surface area contributed by atoms with Gasteiger partial charge in [-0.25, -0.2) is 4.39 Å². The van der Waals surface area contributed by atoms with Gasteiger partial charge in [-0.1, -0.05) is 19.1 Å². The molecule has 3 aliphatic heterocycles. The zero-order chi connectivity index (χ0) is 22.8. The van der Waals surface area contributed by atoms with Crippen LogP contribution >= 0.6 is 0 Å². The maximum absolute atomic E-state index is 14.2. The summed E-state index contributed by atoms with van der Waals surface area (Å²) < 4.78 is 14.2. The minimum atomic E-state index is -1.52. The average Bonchev–Trinajstić information content (AvgIpc) is 3.34. The molecule has 0 bridgehead atoms. The topological polar surface area (TPSA) is 98.7 Å². The Bertz CT molecular complexity index is 1130. The lowest BCUT2D eigenvalue weighted by atomic mass is 9.76. The molecule has 5 atom stereocenters. The van der Waals surface area contributed by atoms with E-state index in [2.05, 4.69) is 10.6 Å². The Hall–Kier alpha value is -3.26. The number of nitrogens with zero attached hydrogens (tertiary/aromatic N) is 1. The van der Waals surface area contributed by atoms with Crippen molar-refractivity contribution in [2.45, 2.75) is 44.3 Å². The first-order valence-corrected chi connectivity index (χ1v) is 10.8. The number of aromatic hydroxyl groups is 1. The second-order valence-electron chi connectivity index (χ2n) is 8.88. The molecule has 5 rings (SSSR count). The first-order valence-electron chi connectivity index (χ1n) is 10.8. The molecule has 3 heterocycles. The Morgan fingerprint density at radius 3 is 2.53 bits per heavy atom. The molecule has 2 saturated heterocycles. The predicted octanol–water partition coefficient (Wildman–Crippen LogP) is 2.29. The van der Waals surface area contributed by atoms with Crippen LogP contribution in [0, 0.1) is 17.7 Å². The van der Waals surface area contributed by atoms with Gasteiger partial charge >= 0.3 is 0 Å². The first kappa shape index (κ1) is 20.6. The summed E-state index contributed by atoms with van der Waals surface area (Å²) in [5.74, 6) is -3.28. The van der Waals surface area contributed by atoms with Crippen molar-refractivity contribution in [1.82, 2.24) is 10.2 Å². The van der Waals surface area contributed by atoms with Gasteiger partial charge in [0, 0.05) is 23.3 Å². The van der Waals surface area contributed by atoms with Crippen LogP contribution in [0.15, 0.2) is 42.5 Å². The molecule has 0 saturated carbocycles. The van der Waals surface area contributed by atoms with E-state index in [4.69, 9.17) is 0 Å². The summed E-state index contributed by atoms with van der Waals surface area (Å²) in [5.41, 5.74) is 0.128. The zero-order valence-electron chi connectivity index (χ0n) is 17.8. The minimum absolute atomic E-state index is 0.122. The van der Waals surface area contributed by atoms with Gasteiger partial charge in [0.25, 0.3) is 0 Å². The number of hydrogen-bond donors (Lipinski definition) is 3. The van der Waals surface area contributed by atoms with Crippen molar-refractivity contribution in [2.75, 3.05) is 5.32 Å². The van der Waals surface area contributed by atoms with Crippen molar-refractivity contribution in [3.63, 3.8) is 0 Å². The lowest BCUT2D eigenvalue weighted by Gasteiger charge is -2.31. The van der Waals surface area contributed by atoms with Crippen LogP contribution < -0.4 is 10.6 Å². The smallest absolute Gasteiger partial charge is 0.250 e. The van der Waals surface area contributed by atoms with E-state index in [1.54, 1.807) is 24.3 Å².